The highest BCUT2D eigenvalue weighted by atomic mass is 35.5. The van der Waals surface area contributed by atoms with Gasteiger partial charge in [-0.2, -0.15) is 0 Å². The summed E-state index contributed by atoms with van der Waals surface area (Å²) in [5.41, 5.74) is 2.50. The molecule has 0 fully saturated rings. The molecule has 17 heavy (non-hydrogen) atoms. The third-order valence-electron chi connectivity index (χ3n) is 2.46. The van der Waals surface area contributed by atoms with Crippen LogP contribution in [0.5, 0.6) is 0 Å². The van der Waals surface area contributed by atoms with Gasteiger partial charge in [-0.15, -0.1) is 0 Å². The van der Waals surface area contributed by atoms with Crippen LogP contribution in [-0.4, -0.2) is 20.6 Å². The zero-order chi connectivity index (χ0) is 12.6. The minimum Gasteiger partial charge on any atom is -0.477 e. The highest BCUT2D eigenvalue weighted by Crippen LogP contribution is 2.21. The molecule has 0 amide bonds. The molecule has 0 aliphatic heterocycles. The van der Waals surface area contributed by atoms with Crippen LogP contribution in [0.2, 0.25) is 5.02 Å². The third-order valence-corrected chi connectivity index (χ3v) is 2.67. The van der Waals surface area contributed by atoms with Crippen LogP contribution in [0, 0.1) is 13.8 Å². The average Bonchev–Trinajstić information content (AvgIpc) is 2.60. The summed E-state index contributed by atoms with van der Waals surface area (Å²) in [7, 11) is 0. The van der Waals surface area contributed by atoms with Crippen molar-refractivity contribution in [2.24, 2.45) is 0 Å². The number of halogens is 1. The van der Waals surface area contributed by atoms with Crippen molar-refractivity contribution >= 4 is 17.6 Å². The maximum Gasteiger partial charge on any atom is 0.352 e. The number of aromatic nitrogens is 2. The van der Waals surface area contributed by atoms with Crippen LogP contribution >= 0.6 is 11.6 Å². The second-order valence-corrected chi connectivity index (χ2v) is 4.21. The molecule has 0 atom stereocenters. The van der Waals surface area contributed by atoms with Gasteiger partial charge in [0.25, 0.3) is 0 Å². The van der Waals surface area contributed by atoms with Crippen molar-refractivity contribution in [2.45, 2.75) is 13.8 Å². The Bertz CT molecular complexity index is 590. The third kappa shape index (κ3) is 2.17. The Balaban J connectivity index is 2.63. The number of nitrogens with zero attached hydrogens (tertiary/aromatic N) is 2. The molecule has 0 bridgehead atoms. The standard InChI is InChI=1S/C12H11ClN2O2/c1-7-3-4-10(8(2)14-7)15-6-9(13)5-11(15)12(16)17/h3-6H,1-2H3,(H,16,17). The first kappa shape index (κ1) is 11.7. The summed E-state index contributed by atoms with van der Waals surface area (Å²) in [5, 5.41) is 9.48. The van der Waals surface area contributed by atoms with E-state index >= 15 is 0 Å². The number of hydrogen-bond donors (Lipinski definition) is 1. The van der Waals surface area contributed by atoms with Crippen LogP contribution < -0.4 is 0 Å². The van der Waals surface area contributed by atoms with Gasteiger partial charge < -0.3 is 9.67 Å². The predicted octanol–water partition coefficient (Wildman–Crippen LogP) is 2.84. The molecule has 0 saturated heterocycles. The molecule has 88 valence electrons. The predicted molar refractivity (Wildman–Crippen MR) is 65.0 cm³/mol. The van der Waals surface area contributed by atoms with Crippen molar-refractivity contribution in [3.8, 4) is 5.69 Å². The van der Waals surface area contributed by atoms with Gasteiger partial charge in [0.15, 0.2) is 0 Å². The molecule has 0 aliphatic carbocycles. The summed E-state index contributed by atoms with van der Waals surface area (Å²) >= 11 is 5.84. The molecular formula is C12H11ClN2O2. The number of hydrogen-bond acceptors (Lipinski definition) is 2. The van der Waals surface area contributed by atoms with E-state index in [1.807, 2.05) is 26.0 Å². The minimum atomic E-state index is -1.02. The SMILES string of the molecule is Cc1ccc(-n2cc(Cl)cc2C(=O)O)c(C)n1. The second kappa shape index (κ2) is 4.22. The Morgan fingerprint density at radius 2 is 2.12 bits per heavy atom. The number of carbonyl (C=O) groups is 1. The fraction of sp³-hybridized carbons (Fsp3) is 0.167. The van der Waals surface area contributed by atoms with E-state index < -0.39 is 5.97 Å². The lowest BCUT2D eigenvalue weighted by Gasteiger charge is -2.09. The van der Waals surface area contributed by atoms with Crippen LogP contribution in [0.3, 0.4) is 0 Å². The van der Waals surface area contributed by atoms with Gasteiger partial charge in [-0.05, 0) is 32.0 Å². The Hall–Kier alpha value is -1.81. The van der Waals surface area contributed by atoms with Crippen molar-refractivity contribution in [1.29, 1.82) is 0 Å². The normalized spacial score (nSPS) is 10.5. The number of pyridine rings is 1. The molecular weight excluding hydrogens is 240 g/mol. The molecule has 0 spiro atoms. The smallest absolute Gasteiger partial charge is 0.352 e. The number of carboxylic acid groups (broad SMARTS) is 1. The lowest BCUT2D eigenvalue weighted by atomic mass is 10.2. The van der Waals surface area contributed by atoms with E-state index in [-0.39, 0.29) is 5.69 Å². The lowest BCUT2D eigenvalue weighted by molar-refractivity contribution is 0.0688. The van der Waals surface area contributed by atoms with Crippen LogP contribution in [0.4, 0.5) is 0 Å². The Labute approximate surface area is 103 Å². The first-order valence-corrected chi connectivity index (χ1v) is 5.42. The summed E-state index contributed by atoms with van der Waals surface area (Å²) in [5.74, 6) is -1.02. The van der Waals surface area contributed by atoms with Crippen molar-refractivity contribution in [3.05, 3.63) is 46.5 Å². The largest absolute Gasteiger partial charge is 0.477 e. The molecule has 2 aromatic rings. The molecule has 0 aromatic carbocycles. The summed E-state index contributed by atoms with van der Waals surface area (Å²) < 4.78 is 1.53. The van der Waals surface area contributed by atoms with E-state index in [1.165, 1.54) is 10.6 Å². The van der Waals surface area contributed by atoms with Crippen molar-refractivity contribution in [1.82, 2.24) is 9.55 Å². The number of carboxylic acids is 1. The van der Waals surface area contributed by atoms with Gasteiger partial charge in [-0.1, -0.05) is 11.6 Å². The van der Waals surface area contributed by atoms with Gasteiger partial charge >= 0.3 is 5.97 Å². The molecule has 4 nitrogen and oxygen atoms in total. The second-order valence-electron chi connectivity index (χ2n) is 3.78. The molecule has 1 N–H and O–H groups in total. The van der Waals surface area contributed by atoms with Crippen molar-refractivity contribution in [2.75, 3.05) is 0 Å². The highest BCUT2D eigenvalue weighted by Gasteiger charge is 2.14. The van der Waals surface area contributed by atoms with Crippen LogP contribution in [0.25, 0.3) is 5.69 Å². The van der Waals surface area contributed by atoms with Crippen molar-refractivity contribution in [3.63, 3.8) is 0 Å². The molecule has 0 saturated carbocycles. The van der Waals surface area contributed by atoms with Gasteiger partial charge in [0.1, 0.15) is 5.69 Å². The first-order valence-electron chi connectivity index (χ1n) is 5.05. The minimum absolute atomic E-state index is 0.128. The van der Waals surface area contributed by atoms with E-state index in [1.54, 1.807) is 6.20 Å². The molecule has 0 unspecified atom stereocenters. The topological polar surface area (TPSA) is 55.1 Å². The number of rotatable bonds is 2. The number of aromatic carboxylic acids is 1. The fourth-order valence-electron chi connectivity index (χ4n) is 1.73. The monoisotopic (exact) mass is 250 g/mol. The van der Waals surface area contributed by atoms with Crippen LogP contribution in [-0.2, 0) is 0 Å². The summed E-state index contributed by atoms with van der Waals surface area (Å²) in [6.45, 7) is 3.72. The zero-order valence-corrected chi connectivity index (χ0v) is 10.2. The summed E-state index contributed by atoms with van der Waals surface area (Å²) in [4.78, 5) is 15.4. The van der Waals surface area contributed by atoms with Gasteiger partial charge in [0, 0.05) is 11.9 Å². The maximum atomic E-state index is 11.1. The zero-order valence-electron chi connectivity index (χ0n) is 9.44. The highest BCUT2D eigenvalue weighted by molar-refractivity contribution is 6.31. The summed E-state index contributed by atoms with van der Waals surface area (Å²) in [6.07, 6.45) is 1.57. The van der Waals surface area contributed by atoms with Crippen molar-refractivity contribution < 1.29 is 9.90 Å². The molecule has 5 heteroatoms. The van der Waals surface area contributed by atoms with E-state index in [0.29, 0.717) is 5.02 Å². The Morgan fingerprint density at radius 3 is 2.71 bits per heavy atom. The van der Waals surface area contributed by atoms with Gasteiger partial charge in [-0.3, -0.25) is 4.98 Å². The maximum absolute atomic E-state index is 11.1. The van der Waals surface area contributed by atoms with E-state index in [4.69, 9.17) is 16.7 Å². The Kier molecular flexibility index (Phi) is 2.90. The van der Waals surface area contributed by atoms with Gasteiger partial charge in [-0.25, -0.2) is 4.79 Å². The average molecular weight is 251 g/mol. The lowest BCUT2D eigenvalue weighted by Crippen LogP contribution is -2.07. The molecule has 0 radical (unpaired) electrons. The molecule has 2 aromatic heterocycles. The quantitative estimate of drug-likeness (QED) is 0.892. The van der Waals surface area contributed by atoms with Gasteiger partial charge in [0.05, 0.1) is 16.4 Å². The first-order chi connectivity index (χ1) is 7.99. The Morgan fingerprint density at radius 1 is 1.41 bits per heavy atom. The van der Waals surface area contributed by atoms with Crippen LogP contribution in [0.1, 0.15) is 21.9 Å². The van der Waals surface area contributed by atoms with E-state index in [2.05, 4.69) is 4.98 Å². The molecule has 2 rings (SSSR count). The number of aryl methyl sites for hydroxylation is 2. The van der Waals surface area contributed by atoms with E-state index in [0.717, 1.165) is 17.1 Å². The molecule has 0 aliphatic rings. The fourth-order valence-corrected chi connectivity index (χ4v) is 1.93. The molecule has 2 heterocycles. The van der Waals surface area contributed by atoms with Gasteiger partial charge in [0.2, 0.25) is 0 Å². The summed E-state index contributed by atoms with van der Waals surface area (Å²) in [6, 6.07) is 5.09. The van der Waals surface area contributed by atoms with E-state index in [9.17, 15) is 4.79 Å². The van der Waals surface area contributed by atoms with Crippen LogP contribution in [0.15, 0.2) is 24.4 Å².